The number of carbonyl (C=O) groups excluding carboxylic acids is 1. The molecule has 1 aromatic rings. The zero-order chi connectivity index (χ0) is 18.7. The van der Waals surface area contributed by atoms with Gasteiger partial charge in [0, 0.05) is 20.3 Å². The number of ether oxygens (including phenoxy) is 1. The third kappa shape index (κ3) is 6.40. The number of halogens is 3. The van der Waals surface area contributed by atoms with Gasteiger partial charge < -0.3 is 15.2 Å². The van der Waals surface area contributed by atoms with Gasteiger partial charge in [-0.15, -0.1) is 11.8 Å². The predicted octanol–water partition coefficient (Wildman–Crippen LogP) is 4.90. The highest BCUT2D eigenvalue weighted by molar-refractivity contribution is 14.1. The van der Waals surface area contributed by atoms with Gasteiger partial charge in [0.05, 0.1) is 10.0 Å². The fourth-order valence-corrected chi connectivity index (χ4v) is 4.73. The van der Waals surface area contributed by atoms with Gasteiger partial charge in [0.1, 0.15) is 11.4 Å². The number of hydrogen-bond donors (Lipinski definition) is 2. The van der Waals surface area contributed by atoms with Crippen molar-refractivity contribution in [1.29, 1.82) is 0 Å². The molecule has 0 heterocycles. The van der Waals surface area contributed by atoms with Gasteiger partial charge in [-0.25, -0.2) is 14.0 Å². The Morgan fingerprint density at radius 2 is 2.08 bits per heavy atom. The van der Waals surface area contributed by atoms with Crippen molar-refractivity contribution in [2.75, 3.05) is 5.75 Å². The molecule has 0 saturated carbocycles. The van der Waals surface area contributed by atoms with Crippen LogP contribution in [0.3, 0.4) is 0 Å². The second kappa shape index (κ2) is 8.70. The van der Waals surface area contributed by atoms with E-state index in [1.54, 1.807) is 27.7 Å². The van der Waals surface area contributed by atoms with Gasteiger partial charge in [0.2, 0.25) is 0 Å². The highest BCUT2D eigenvalue weighted by Crippen LogP contribution is 2.36. The Kier molecular flexibility index (Phi) is 7.79. The van der Waals surface area contributed by atoms with Crippen molar-refractivity contribution < 1.29 is 23.8 Å². The number of amides is 1. The molecule has 0 aliphatic heterocycles. The zero-order valence-electron chi connectivity index (χ0n) is 13.6. The molecule has 0 aliphatic rings. The van der Waals surface area contributed by atoms with E-state index in [4.69, 9.17) is 9.84 Å². The summed E-state index contributed by atoms with van der Waals surface area (Å²) in [6.07, 6.45) is -0.533. The molecule has 0 saturated heterocycles. The van der Waals surface area contributed by atoms with Crippen LogP contribution in [0, 0.1) is 9.39 Å². The van der Waals surface area contributed by atoms with Crippen molar-refractivity contribution >= 4 is 62.3 Å². The summed E-state index contributed by atoms with van der Waals surface area (Å²) in [5, 5.41) is 11.8. The smallest absolute Gasteiger partial charge is 0.407 e. The fraction of sp³-hybridized carbons (Fsp3) is 0.467. The summed E-state index contributed by atoms with van der Waals surface area (Å²) in [7, 11) is 0. The fourth-order valence-electron chi connectivity index (χ4n) is 1.62. The molecule has 1 aromatic carbocycles. The lowest BCUT2D eigenvalue weighted by Crippen LogP contribution is -2.38. The second-order valence-electron chi connectivity index (χ2n) is 6.03. The van der Waals surface area contributed by atoms with E-state index in [1.165, 1.54) is 11.8 Å². The maximum atomic E-state index is 13.9. The number of carbonyl (C=O) groups is 2. The predicted molar refractivity (Wildman–Crippen MR) is 103 cm³/mol. The number of thioether (sulfide) groups is 1. The Labute approximate surface area is 166 Å². The average molecular weight is 534 g/mol. The molecular weight excluding hydrogens is 516 g/mol. The Morgan fingerprint density at radius 1 is 1.50 bits per heavy atom. The first-order valence-corrected chi connectivity index (χ1v) is 9.81. The van der Waals surface area contributed by atoms with Gasteiger partial charge in [0.15, 0.2) is 0 Å². The number of carboxylic acids is 1. The van der Waals surface area contributed by atoms with E-state index in [2.05, 4.69) is 21.2 Å². The quantitative estimate of drug-likeness (QED) is 0.320. The van der Waals surface area contributed by atoms with Crippen LogP contribution in [0.2, 0.25) is 0 Å². The van der Waals surface area contributed by atoms with Crippen LogP contribution in [-0.2, 0) is 4.74 Å². The molecule has 134 valence electrons. The molecule has 1 rings (SSSR count). The third-order valence-corrected chi connectivity index (χ3v) is 6.47. The van der Waals surface area contributed by atoms with Crippen molar-refractivity contribution in [3.63, 3.8) is 0 Å². The first kappa shape index (κ1) is 21.5. The molecule has 1 atom stereocenters. The van der Waals surface area contributed by atoms with E-state index >= 15 is 0 Å². The van der Waals surface area contributed by atoms with Crippen molar-refractivity contribution in [2.24, 2.45) is 0 Å². The monoisotopic (exact) mass is 533 g/mol. The Morgan fingerprint density at radius 3 is 2.58 bits per heavy atom. The highest BCUT2D eigenvalue weighted by Gasteiger charge is 2.21. The third-order valence-electron chi connectivity index (χ3n) is 2.59. The van der Waals surface area contributed by atoms with Gasteiger partial charge >= 0.3 is 12.1 Å². The topological polar surface area (TPSA) is 75.6 Å². The number of carboxylic acid groups (broad SMARTS) is 1. The number of alkyl carbamates (subject to hydrolysis) is 1. The molecular formula is C15H18BrFINO4S. The molecule has 0 bridgehead atoms. The summed E-state index contributed by atoms with van der Waals surface area (Å²) < 4.78 is 19.7. The molecule has 0 aromatic heterocycles. The molecule has 24 heavy (non-hydrogen) atoms. The van der Waals surface area contributed by atoms with Crippen LogP contribution in [-0.4, -0.2) is 34.6 Å². The van der Waals surface area contributed by atoms with E-state index < -0.39 is 23.5 Å². The van der Waals surface area contributed by atoms with Crippen LogP contribution in [0.25, 0.3) is 0 Å². The first-order chi connectivity index (χ1) is 10.9. The summed E-state index contributed by atoms with van der Waals surface area (Å²) in [5.74, 6) is -1.40. The highest BCUT2D eigenvalue weighted by atomic mass is 127. The number of nitrogens with one attached hydrogen (secondary N) is 1. The normalized spacial score (nSPS) is 12.6. The zero-order valence-corrected chi connectivity index (χ0v) is 18.1. The minimum atomic E-state index is -1.19. The van der Waals surface area contributed by atoms with Crippen LogP contribution >= 0.6 is 50.3 Å². The summed E-state index contributed by atoms with van der Waals surface area (Å²) in [6, 6.07) is 0.741. The molecule has 0 aliphatic carbocycles. The van der Waals surface area contributed by atoms with E-state index in [0.29, 0.717) is 14.2 Å². The first-order valence-electron chi connectivity index (χ1n) is 6.95. The summed E-state index contributed by atoms with van der Waals surface area (Å²) in [5.41, 5.74) is -0.680. The Hall–Kier alpha value is -0.550. The van der Waals surface area contributed by atoms with Crippen molar-refractivity contribution in [3.8, 4) is 0 Å². The second-order valence-corrected chi connectivity index (χ2v) is 8.93. The largest absolute Gasteiger partial charge is 0.478 e. The van der Waals surface area contributed by atoms with Gasteiger partial charge in [-0.1, -0.05) is 0 Å². The minimum absolute atomic E-state index is 0.0912. The van der Waals surface area contributed by atoms with E-state index in [0.717, 1.165) is 6.07 Å². The van der Waals surface area contributed by atoms with Crippen molar-refractivity contribution in [3.05, 3.63) is 25.5 Å². The minimum Gasteiger partial charge on any atom is -0.478 e. The number of aromatic carboxylic acids is 1. The number of rotatable bonds is 5. The maximum absolute atomic E-state index is 13.9. The molecule has 0 spiro atoms. The molecule has 9 heteroatoms. The van der Waals surface area contributed by atoms with Crippen LogP contribution in [0.5, 0.6) is 0 Å². The maximum Gasteiger partial charge on any atom is 0.407 e. The lowest BCUT2D eigenvalue weighted by molar-refractivity contribution is 0.0513. The van der Waals surface area contributed by atoms with Crippen LogP contribution in [0.1, 0.15) is 38.1 Å². The van der Waals surface area contributed by atoms with Gasteiger partial charge in [-0.2, -0.15) is 0 Å². The van der Waals surface area contributed by atoms with E-state index in [1.807, 2.05) is 22.6 Å². The summed E-state index contributed by atoms with van der Waals surface area (Å²) >= 11 is 6.29. The van der Waals surface area contributed by atoms with Crippen LogP contribution < -0.4 is 5.32 Å². The number of benzene rings is 1. The molecule has 0 unspecified atom stereocenters. The lowest BCUT2D eigenvalue weighted by atomic mass is 10.2. The lowest BCUT2D eigenvalue weighted by Gasteiger charge is -2.22. The molecule has 0 fully saturated rings. The molecule has 1 amide bonds. The molecule has 5 nitrogen and oxygen atoms in total. The molecule has 0 radical (unpaired) electrons. The Balaban J connectivity index is 2.80. The van der Waals surface area contributed by atoms with Gasteiger partial charge in [0.25, 0.3) is 0 Å². The molecule has 2 N–H and O–H groups in total. The van der Waals surface area contributed by atoms with Gasteiger partial charge in [-0.3, -0.25) is 0 Å². The summed E-state index contributed by atoms with van der Waals surface area (Å²) in [6.45, 7) is 7.10. The standard InChI is InChI=1S/C15H18BrFINO4S/c1-7(19-14(22)23-15(2,3)4)6-24-12-10(16)9(17)5-8(11(12)18)13(20)21/h5,7H,6H2,1-4H3,(H,19,22)(H,20,21)/t7-/m0/s1. The number of hydrogen-bond acceptors (Lipinski definition) is 4. The Bertz CT molecular complexity index is 651. The van der Waals surface area contributed by atoms with E-state index in [9.17, 15) is 14.0 Å². The van der Waals surface area contributed by atoms with Gasteiger partial charge in [-0.05, 0) is 72.3 Å². The SMILES string of the molecule is C[C@@H](CSc1c(Br)c(F)cc(C(=O)O)c1I)NC(=O)OC(C)(C)C. The van der Waals surface area contributed by atoms with Crippen LogP contribution in [0.15, 0.2) is 15.4 Å². The summed E-state index contributed by atoms with van der Waals surface area (Å²) in [4.78, 5) is 23.4. The van der Waals surface area contributed by atoms with Crippen molar-refractivity contribution in [2.45, 2.75) is 44.2 Å². The van der Waals surface area contributed by atoms with Crippen LogP contribution in [0.4, 0.5) is 9.18 Å². The average Bonchev–Trinajstić information content (AvgIpc) is 2.40. The van der Waals surface area contributed by atoms with Crippen molar-refractivity contribution in [1.82, 2.24) is 5.32 Å². The van der Waals surface area contributed by atoms with E-state index in [-0.39, 0.29) is 16.1 Å².